The van der Waals surface area contributed by atoms with Crippen molar-refractivity contribution in [3.05, 3.63) is 30.1 Å². The third-order valence-electron chi connectivity index (χ3n) is 6.01. The molecule has 2 aliphatic rings. The quantitative estimate of drug-likeness (QED) is 0.697. The molecule has 1 aliphatic carbocycles. The van der Waals surface area contributed by atoms with Crippen molar-refractivity contribution in [2.45, 2.75) is 38.1 Å². The Morgan fingerprint density at radius 1 is 1.10 bits per heavy atom. The van der Waals surface area contributed by atoms with Crippen LogP contribution in [-0.2, 0) is 0 Å². The summed E-state index contributed by atoms with van der Waals surface area (Å²) < 4.78 is 15.8. The van der Waals surface area contributed by atoms with Crippen LogP contribution < -0.4 is 10.2 Å². The van der Waals surface area contributed by atoms with Gasteiger partial charge in [0.15, 0.2) is 5.82 Å². The predicted octanol–water partition coefficient (Wildman–Crippen LogP) is 4.09. The number of hydrogen-bond acceptors (Lipinski definition) is 6. The van der Waals surface area contributed by atoms with Crippen molar-refractivity contribution in [1.29, 1.82) is 0 Å². The van der Waals surface area contributed by atoms with Crippen molar-refractivity contribution in [2.24, 2.45) is 0 Å². The molecule has 154 valence electrons. The Bertz CT molecular complexity index is 984. The maximum Gasteiger partial charge on any atom is 0.216 e. The van der Waals surface area contributed by atoms with Crippen LogP contribution >= 0.6 is 11.3 Å². The van der Waals surface area contributed by atoms with Crippen LogP contribution in [0.15, 0.2) is 24.3 Å². The van der Waals surface area contributed by atoms with Crippen molar-refractivity contribution in [2.75, 3.05) is 43.4 Å². The molecular weight excluding hydrogens is 387 g/mol. The van der Waals surface area contributed by atoms with Gasteiger partial charge >= 0.3 is 0 Å². The van der Waals surface area contributed by atoms with E-state index in [4.69, 9.17) is 10.1 Å². The summed E-state index contributed by atoms with van der Waals surface area (Å²) in [5.74, 6) is 0.655. The molecule has 1 saturated heterocycles. The first-order valence-electron chi connectivity index (χ1n) is 10.5. The average Bonchev–Trinajstić information content (AvgIpc) is 3.29. The van der Waals surface area contributed by atoms with E-state index in [-0.39, 0.29) is 5.82 Å². The summed E-state index contributed by atoms with van der Waals surface area (Å²) in [4.78, 5) is 10.4. The number of benzene rings is 1. The zero-order valence-electron chi connectivity index (χ0n) is 16.8. The molecule has 2 aromatic heterocycles. The molecule has 6 nitrogen and oxygen atoms in total. The summed E-state index contributed by atoms with van der Waals surface area (Å²) in [5.41, 5.74) is 1.58. The number of likely N-dealkylation sites (N-methyl/N-ethyl adjacent to an activating group) is 1. The van der Waals surface area contributed by atoms with Crippen LogP contribution in [0.25, 0.3) is 16.2 Å². The number of rotatable bonds is 4. The smallest absolute Gasteiger partial charge is 0.216 e. The zero-order valence-corrected chi connectivity index (χ0v) is 17.6. The minimum Gasteiger partial charge on any atom is -0.365 e. The summed E-state index contributed by atoms with van der Waals surface area (Å²) in [5, 5.41) is 9.64. The third kappa shape index (κ3) is 3.83. The van der Waals surface area contributed by atoms with Crippen LogP contribution in [0.3, 0.4) is 0 Å². The third-order valence-corrected chi connectivity index (χ3v) is 6.98. The van der Waals surface area contributed by atoms with Gasteiger partial charge in [0.05, 0.1) is 0 Å². The summed E-state index contributed by atoms with van der Waals surface area (Å²) in [6.45, 7) is 4.05. The number of imidazole rings is 1. The van der Waals surface area contributed by atoms with Gasteiger partial charge in [0.1, 0.15) is 11.5 Å². The van der Waals surface area contributed by atoms with Gasteiger partial charge < -0.3 is 15.1 Å². The molecule has 2 fully saturated rings. The number of piperazine rings is 1. The molecule has 0 bridgehead atoms. The van der Waals surface area contributed by atoms with Gasteiger partial charge in [-0.3, -0.25) is 0 Å². The molecule has 29 heavy (non-hydrogen) atoms. The molecule has 0 amide bonds. The van der Waals surface area contributed by atoms with Gasteiger partial charge in [-0.25, -0.2) is 9.37 Å². The molecular formula is C21H27FN6S. The maximum absolute atomic E-state index is 13.9. The van der Waals surface area contributed by atoms with E-state index in [2.05, 4.69) is 22.2 Å². The van der Waals surface area contributed by atoms with Crippen LogP contribution in [0.1, 0.15) is 32.1 Å². The highest BCUT2D eigenvalue weighted by Crippen LogP contribution is 2.35. The van der Waals surface area contributed by atoms with E-state index in [1.807, 2.05) is 10.6 Å². The Balaban J connectivity index is 1.53. The number of nitrogens with one attached hydrogen (secondary N) is 1. The van der Waals surface area contributed by atoms with E-state index in [0.29, 0.717) is 6.04 Å². The molecule has 1 aliphatic heterocycles. The first-order chi connectivity index (χ1) is 14.2. The first kappa shape index (κ1) is 18.8. The second-order valence-electron chi connectivity index (χ2n) is 8.17. The standard InChI is InChI=1S/C21H27FN6S/c1-26-10-12-27(13-11-26)21-25-28-19(23-17-8-3-2-4-9-17)18(24-20(28)29-21)15-6-5-7-16(22)14-15/h5-7,14,17,23H,2-4,8-13H2,1H3. The lowest BCUT2D eigenvalue weighted by Gasteiger charge is -2.31. The van der Waals surface area contributed by atoms with Crippen LogP contribution in [0.4, 0.5) is 15.3 Å². The molecule has 0 atom stereocenters. The van der Waals surface area contributed by atoms with Crippen LogP contribution in [0, 0.1) is 5.82 Å². The summed E-state index contributed by atoms with van der Waals surface area (Å²) in [6, 6.07) is 7.11. The molecule has 3 heterocycles. The predicted molar refractivity (Wildman–Crippen MR) is 116 cm³/mol. The summed E-state index contributed by atoms with van der Waals surface area (Å²) in [7, 11) is 2.16. The van der Waals surface area contributed by atoms with Crippen molar-refractivity contribution in [3.63, 3.8) is 0 Å². The van der Waals surface area contributed by atoms with Crippen LogP contribution in [0.2, 0.25) is 0 Å². The summed E-state index contributed by atoms with van der Waals surface area (Å²) in [6.07, 6.45) is 6.12. The van der Waals surface area contributed by atoms with Gasteiger partial charge in [0.25, 0.3) is 0 Å². The molecule has 5 rings (SSSR count). The van der Waals surface area contributed by atoms with E-state index >= 15 is 0 Å². The summed E-state index contributed by atoms with van der Waals surface area (Å²) >= 11 is 1.62. The van der Waals surface area contributed by atoms with Gasteiger partial charge in [-0.15, -0.1) is 5.10 Å². The lowest BCUT2D eigenvalue weighted by atomic mass is 9.95. The van der Waals surface area contributed by atoms with E-state index < -0.39 is 0 Å². The van der Waals surface area contributed by atoms with E-state index in [0.717, 1.165) is 66.2 Å². The number of fused-ring (bicyclic) bond motifs is 1. The fraction of sp³-hybridized carbons (Fsp3) is 0.524. The molecule has 0 radical (unpaired) electrons. The first-order valence-corrected chi connectivity index (χ1v) is 11.3. The SMILES string of the molecule is CN1CCN(c2nn3c(NC4CCCCC4)c(-c4cccc(F)c4)nc3s2)CC1. The molecule has 1 aromatic carbocycles. The Morgan fingerprint density at radius 3 is 2.66 bits per heavy atom. The molecule has 0 unspecified atom stereocenters. The lowest BCUT2D eigenvalue weighted by molar-refractivity contribution is 0.312. The van der Waals surface area contributed by atoms with Crippen LogP contribution in [-0.4, -0.2) is 58.8 Å². The highest BCUT2D eigenvalue weighted by molar-refractivity contribution is 7.20. The van der Waals surface area contributed by atoms with Crippen molar-refractivity contribution in [1.82, 2.24) is 19.5 Å². The lowest BCUT2D eigenvalue weighted by Crippen LogP contribution is -2.44. The molecule has 0 spiro atoms. The van der Waals surface area contributed by atoms with Gasteiger partial charge in [0, 0.05) is 37.8 Å². The molecule has 8 heteroatoms. The Kier molecular flexibility index (Phi) is 5.13. The highest BCUT2D eigenvalue weighted by atomic mass is 32.1. The molecule has 1 N–H and O–H groups in total. The van der Waals surface area contributed by atoms with Crippen molar-refractivity contribution in [3.8, 4) is 11.3 Å². The largest absolute Gasteiger partial charge is 0.365 e. The number of nitrogens with zero attached hydrogens (tertiary/aromatic N) is 5. The Morgan fingerprint density at radius 2 is 1.90 bits per heavy atom. The van der Waals surface area contributed by atoms with Gasteiger partial charge in [-0.05, 0) is 32.0 Å². The zero-order chi connectivity index (χ0) is 19.8. The van der Waals surface area contributed by atoms with Gasteiger partial charge in [-0.2, -0.15) is 4.52 Å². The number of anilines is 2. The topological polar surface area (TPSA) is 48.7 Å². The number of halogens is 1. The number of hydrogen-bond donors (Lipinski definition) is 1. The van der Waals surface area contributed by atoms with Crippen molar-refractivity contribution < 1.29 is 4.39 Å². The highest BCUT2D eigenvalue weighted by Gasteiger charge is 2.24. The van der Waals surface area contributed by atoms with E-state index in [1.165, 1.54) is 25.3 Å². The monoisotopic (exact) mass is 414 g/mol. The average molecular weight is 415 g/mol. The van der Waals surface area contributed by atoms with E-state index in [9.17, 15) is 4.39 Å². The van der Waals surface area contributed by atoms with E-state index in [1.54, 1.807) is 23.5 Å². The van der Waals surface area contributed by atoms with Gasteiger partial charge in [-0.1, -0.05) is 42.7 Å². The minimum atomic E-state index is -0.242. The fourth-order valence-corrected chi connectivity index (χ4v) is 5.22. The molecule has 3 aromatic rings. The van der Waals surface area contributed by atoms with Crippen LogP contribution in [0.5, 0.6) is 0 Å². The normalized spacial score (nSPS) is 19.2. The van der Waals surface area contributed by atoms with Gasteiger partial charge in [0.2, 0.25) is 10.1 Å². The number of aromatic nitrogens is 3. The molecule has 1 saturated carbocycles. The second-order valence-corrected chi connectivity index (χ2v) is 9.10. The van der Waals surface area contributed by atoms with Crippen molar-refractivity contribution >= 4 is 27.2 Å². The Hall–Kier alpha value is -2.19. The Labute approximate surface area is 174 Å². The minimum absolute atomic E-state index is 0.242. The fourth-order valence-electron chi connectivity index (χ4n) is 4.27. The maximum atomic E-state index is 13.9. The second kappa shape index (κ2) is 7.91.